The van der Waals surface area contributed by atoms with E-state index in [2.05, 4.69) is 82.3 Å². The van der Waals surface area contributed by atoms with Crippen molar-refractivity contribution >= 4 is 74.0 Å². The summed E-state index contributed by atoms with van der Waals surface area (Å²) >= 11 is 0. The number of ether oxygens (including phenoxy) is 4. The molecule has 1 aliphatic heterocycles. The topological polar surface area (TPSA) is 76.4 Å². The Kier molecular flexibility index (Phi) is 12.7. The minimum atomic E-state index is -3.11. The third-order valence-corrected chi connectivity index (χ3v) is 14.5. The van der Waals surface area contributed by atoms with E-state index in [1.807, 2.05) is 110 Å². The Morgan fingerprint density at radius 2 is 0.897 bits per heavy atom. The molecule has 11 aromatic rings. The van der Waals surface area contributed by atoms with Gasteiger partial charge in [-0.3, -0.25) is 8.63 Å². The fourth-order valence-electron chi connectivity index (χ4n) is 10.6. The van der Waals surface area contributed by atoms with Crippen molar-refractivity contribution in [3.8, 4) is 69.1 Å². The largest absolute Gasteiger partial charge is 0.679 e. The lowest BCUT2D eigenvalue weighted by atomic mass is 9.95. The van der Waals surface area contributed by atoms with Crippen molar-refractivity contribution in [1.29, 1.82) is 0 Å². The second-order valence-electron chi connectivity index (χ2n) is 18.7. The van der Waals surface area contributed by atoms with Gasteiger partial charge in [-0.15, -0.1) is 0 Å². The molecule has 0 bridgehead atoms. The third kappa shape index (κ3) is 8.60. The zero-order valence-corrected chi connectivity index (χ0v) is 43.5. The van der Waals surface area contributed by atoms with Crippen molar-refractivity contribution < 1.29 is 27.6 Å². The molecule has 12 rings (SSSR count). The van der Waals surface area contributed by atoms with Crippen LogP contribution in [0.1, 0.15) is 27.8 Å². The van der Waals surface area contributed by atoms with Crippen LogP contribution < -0.4 is 18.9 Å². The molecule has 1 aliphatic rings. The Bertz CT molecular complexity index is 4410. The number of halogens is 2. The lowest BCUT2D eigenvalue weighted by molar-refractivity contribution is 0.414. The van der Waals surface area contributed by atoms with E-state index in [-0.39, 0.29) is 17.3 Å². The molecule has 3 aromatic heterocycles. The van der Waals surface area contributed by atoms with Crippen LogP contribution >= 0.6 is 0 Å². The molecule has 0 spiro atoms. The van der Waals surface area contributed by atoms with Gasteiger partial charge < -0.3 is 32.6 Å². The quantitative estimate of drug-likeness (QED) is 0.101. The van der Waals surface area contributed by atoms with Crippen LogP contribution in [0.4, 0.5) is 14.4 Å². The van der Waals surface area contributed by atoms with Gasteiger partial charge in [-0.05, 0) is 138 Å². The van der Waals surface area contributed by atoms with Crippen LogP contribution in [0.5, 0.6) is 23.0 Å². The average Bonchev–Trinajstić information content (AvgIpc) is 4.32. The fourth-order valence-corrected chi connectivity index (χ4v) is 10.6. The SMILES string of the molecule is COc1ccc(C2=N/C(=N\c3c(-c4ccc(OC)cc4)c(C#Cc4ccc5c(c4)c4ccccc4n5C)c(-c4ccc(OC)cc4)n3B(F)F)C(c3ccc(OC)cc3)=C2C#Cc2ccc3c(c2)c2ccccc2n3C)cc1. The van der Waals surface area contributed by atoms with Crippen LogP contribution in [0.25, 0.3) is 71.6 Å². The van der Waals surface area contributed by atoms with Gasteiger partial charge in [0, 0.05) is 85.5 Å². The molecule has 0 amide bonds. The fraction of sp³-hybridized carbons (Fsp3) is 0.0909. The number of nitrogens with zero attached hydrogens (tertiary/aromatic N) is 5. The Morgan fingerprint density at radius 1 is 0.462 bits per heavy atom. The summed E-state index contributed by atoms with van der Waals surface area (Å²) in [4.78, 5) is 10.7. The molecule has 12 heteroatoms. The van der Waals surface area contributed by atoms with Gasteiger partial charge in [0.05, 0.1) is 51.0 Å². The number of hydrogen-bond donors (Lipinski definition) is 0. The summed E-state index contributed by atoms with van der Waals surface area (Å²) < 4.78 is 61.1. The van der Waals surface area contributed by atoms with Crippen LogP contribution in [-0.2, 0) is 14.1 Å². The number of aryl methyl sites for hydroxylation is 2. The molecule has 0 fully saturated rings. The summed E-state index contributed by atoms with van der Waals surface area (Å²) in [6.45, 7) is 0. The highest BCUT2D eigenvalue weighted by molar-refractivity contribution is 6.44. The first-order valence-corrected chi connectivity index (χ1v) is 25.2. The van der Waals surface area contributed by atoms with Crippen LogP contribution in [-0.4, -0.2) is 61.0 Å². The zero-order chi connectivity index (χ0) is 53.6. The Labute approximate surface area is 450 Å². The molecule has 0 aliphatic carbocycles. The number of fused-ring (bicyclic) bond motifs is 6. The van der Waals surface area contributed by atoms with E-state index in [4.69, 9.17) is 28.9 Å². The molecule has 0 saturated carbocycles. The third-order valence-electron chi connectivity index (χ3n) is 14.5. The second-order valence-corrected chi connectivity index (χ2v) is 18.7. The standard InChI is InChI=1S/C66H48BF2N5O4/c1-72-57-13-9-7-11-51(57)55-39-41(17-37-59(55)72)15-35-53-61(43-19-27-47(75-3)28-20-43)65(70-63(53)45-23-31-49(77-5)32-24-45)71-66-62(44-21-29-48(76-4)30-22-44)54(64(74(66)67(68)69)46-25-33-50(78-6)34-26-46)36-16-42-18-38-60-56(40-42)52-12-8-10-14-58(52)73(60)2/h7-14,17-34,37-40H,1-6H3/b71-65-. The summed E-state index contributed by atoms with van der Waals surface area (Å²) in [6, 6.07) is 58.1. The number of aromatic nitrogens is 3. The smallest absolute Gasteiger partial charge is 0.497 e. The number of benzene rings is 8. The Hall–Kier alpha value is -10.0. The lowest BCUT2D eigenvalue weighted by Crippen LogP contribution is -2.14. The minimum Gasteiger partial charge on any atom is -0.497 e. The molecule has 9 nitrogen and oxygen atoms in total. The van der Waals surface area contributed by atoms with E-state index >= 15 is 8.63 Å². The van der Waals surface area contributed by atoms with Gasteiger partial charge in [-0.25, -0.2) is 9.98 Å². The summed E-state index contributed by atoms with van der Waals surface area (Å²) in [6.07, 6.45) is 0. The van der Waals surface area contributed by atoms with Gasteiger partial charge in [0.15, 0.2) is 5.84 Å². The van der Waals surface area contributed by atoms with Gasteiger partial charge in [-0.2, -0.15) is 0 Å². The van der Waals surface area contributed by atoms with E-state index in [1.54, 1.807) is 64.8 Å². The van der Waals surface area contributed by atoms with Crippen LogP contribution in [0.15, 0.2) is 198 Å². The first-order chi connectivity index (χ1) is 38.1. The van der Waals surface area contributed by atoms with Gasteiger partial charge in [0.25, 0.3) is 0 Å². The van der Waals surface area contributed by atoms with Crippen molar-refractivity contribution in [1.82, 2.24) is 13.6 Å². The van der Waals surface area contributed by atoms with E-state index in [9.17, 15) is 0 Å². The predicted octanol–water partition coefficient (Wildman–Crippen LogP) is 14.4. The van der Waals surface area contributed by atoms with Crippen LogP contribution in [0.3, 0.4) is 0 Å². The first kappa shape index (κ1) is 48.9. The highest BCUT2D eigenvalue weighted by Gasteiger charge is 2.35. The molecule has 0 atom stereocenters. The van der Waals surface area contributed by atoms with Gasteiger partial charge in [0.2, 0.25) is 0 Å². The Balaban J connectivity index is 1.15. The second kappa shape index (κ2) is 20.2. The number of aliphatic imine (C=N–C) groups is 2. The monoisotopic (exact) mass is 1020 g/mol. The van der Waals surface area contributed by atoms with Gasteiger partial charge in [-0.1, -0.05) is 84.3 Å². The van der Waals surface area contributed by atoms with Crippen molar-refractivity contribution in [2.24, 2.45) is 24.1 Å². The molecule has 378 valence electrons. The van der Waals surface area contributed by atoms with Crippen molar-refractivity contribution in [2.75, 3.05) is 28.4 Å². The van der Waals surface area contributed by atoms with E-state index in [0.717, 1.165) is 53.7 Å². The lowest BCUT2D eigenvalue weighted by Gasteiger charge is -2.11. The van der Waals surface area contributed by atoms with Crippen LogP contribution in [0.2, 0.25) is 0 Å². The highest BCUT2D eigenvalue weighted by atomic mass is 19.2. The highest BCUT2D eigenvalue weighted by Crippen LogP contribution is 2.46. The maximum Gasteiger partial charge on any atom is 0.679 e. The number of amidine groups is 1. The molecular weight excluding hydrogens is 976 g/mol. The van der Waals surface area contributed by atoms with Gasteiger partial charge >= 0.3 is 7.40 Å². The average molecular weight is 1020 g/mol. The van der Waals surface area contributed by atoms with Crippen molar-refractivity contribution in [2.45, 2.75) is 0 Å². The molecule has 4 heterocycles. The molecule has 0 saturated heterocycles. The van der Waals surface area contributed by atoms with E-state index < -0.39 is 7.40 Å². The van der Waals surface area contributed by atoms with Crippen molar-refractivity contribution in [3.63, 3.8) is 0 Å². The molecule has 0 N–H and O–H groups in total. The van der Waals surface area contributed by atoms with E-state index in [0.29, 0.717) is 78.8 Å². The number of para-hydroxylation sites is 2. The minimum absolute atomic E-state index is 0.0655. The van der Waals surface area contributed by atoms with E-state index in [1.165, 1.54) is 0 Å². The molecule has 0 unspecified atom stereocenters. The molecular formula is C66H48BF2N5O4. The Morgan fingerprint density at radius 3 is 1.38 bits per heavy atom. The van der Waals surface area contributed by atoms with Crippen LogP contribution in [0, 0.1) is 23.7 Å². The molecule has 8 aromatic carbocycles. The number of hydrogen-bond acceptors (Lipinski definition) is 5. The normalized spacial score (nSPS) is 12.7. The maximum absolute atomic E-state index is 16.7. The summed E-state index contributed by atoms with van der Waals surface area (Å²) in [5.41, 5.74) is 10.7. The maximum atomic E-state index is 16.7. The summed E-state index contributed by atoms with van der Waals surface area (Å²) in [7, 11) is 7.36. The number of methoxy groups -OCH3 is 4. The molecule has 78 heavy (non-hydrogen) atoms. The zero-order valence-electron chi connectivity index (χ0n) is 43.5. The predicted molar refractivity (Wildman–Crippen MR) is 312 cm³/mol. The van der Waals surface area contributed by atoms with Crippen molar-refractivity contribution in [3.05, 3.63) is 215 Å². The number of allylic oxidation sites excluding steroid dienone is 1. The summed E-state index contributed by atoms with van der Waals surface area (Å²) in [5.74, 6) is 16.4. The summed E-state index contributed by atoms with van der Waals surface area (Å²) in [5, 5.41) is 4.30. The first-order valence-electron chi connectivity index (χ1n) is 25.2. The molecule has 0 radical (unpaired) electrons. The number of rotatable bonds is 10. The van der Waals surface area contributed by atoms with Gasteiger partial charge in [0.1, 0.15) is 28.8 Å².